The molecular weight excluding hydrogens is 260 g/mol. The van der Waals surface area contributed by atoms with Crippen molar-refractivity contribution < 1.29 is 13.9 Å². The van der Waals surface area contributed by atoms with Gasteiger partial charge in [0.15, 0.2) is 22.8 Å². The molecule has 0 saturated heterocycles. The van der Waals surface area contributed by atoms with Crippen LogP contribution in [0, 0.1) is 0 Å². The van der Waals surface area contributed by atoms with Crippen molar-refractivity contribution in [3.8, 4) is 17.2 Å². The minimum Gasteiger partial charge on any atom is -0.493 e. The zero-order valence-electron chi connectivity index (χ0n) is 10.7. The Balaban J connectivity index is 2.05. The number of methoxy groups -OCH3 is 1. The average molecular weight is 272 g/mol. The molecule has 0 aliphatic carbocycles. The lowest BCUT2D eigenvalue weighted by Crippen LogP contribution is -1.95. The molecule has 0 bridgehead atoms. The summed E-state index contributed by atoms with van der Waals surface area (Å²) in [5, 5.41) is 0. The van der Waals surface area contributed by atoms with Gasteiger partial charge in [0.1, 0.15) is 0 Å². The molecule has 0 radical (unpaired) electrons. The standard InChI is InChI=1S/C14H12N2O4/c1-18-10-4-2-3-5-11(10)19-12-7-9-13(6-8(12)15)20-14(17)16-9/h2-7H,15H2,1H3,(H,16,17). The van der Waals surface area contributed by atoms with Gasteiger partial charge in [0, 0.05) is 12.1 Å². The molecule has 102 valence electrons. The molecule has 0 spiro atoms. The number of anilines is 1. The normalized spacial score (nSPS) is 10.7. The SMILES string of the molecule is COc1ccccc1Oc1cc2[nH]c(=O)oc2cc1N. The number of nitrogen functional groups attached to an aromatic ring is 1. The summed E-state index contributed by atoms with van der Waals surface area (Å²) in [5.74, 6) is 1.01. The van der Waals surface area contributed by atoms with E-state index in [1.54, 1.807) is 25.3 Å². The Morgan fingerprint density at radius 2 is 1.90 bits per heavy atom. The highest BCUT2D eigenvalue weighted by molar-refractivity contribution is 5.80. The monoisotopic (exact) mass is 272 g/mol. The molecule has 0 unspecified atom stereocenters. The smallest absolute Gasteiger partial charge is 0.417 e. The molecule has 0 amide bonds. The van der Waals surface area contributed by atoms with Gasteiger partial charge in [-0.3, -0.25) is 4.98 Å². The topological polar surface area (TPSA) is 90.5 Å². The molecule has 3 rings (SSSR count). The van der Waals surface area contributed by atoms with Crippen molar-refractivity contribution in [1.82, 2.24) is 4.98 Å². The molecule has 0 atom stereocenters. The number of para-hydroxylation sites is 2. The fourth-order valence-corrected chi connectivity index (χ4v) is 1.90. The Morgan fingerprint density at radius 1 is 1.15 bits per heavy atom. The fourth-order valence-electron chi connectivity index (χ4n) is 1.90. The number of rotatable bonds is 3. The highest BCUT2D eigenvalue weighted by Gasteiger charge is 2.11. The number of hydrogen-bond acceptors (Lipinski definition) is 5. The molecule has 3 N–H and O–H groups in total. The third-order valence-electron chi connectivity index (χ3n) is 2.84. The van der Waals surface area contributed by atoms with Crippen LogP contribution in [-0.4, -0.2) is 12.1 Å². The van der Waals surface area contributed by atoms with E-state index in [0.717, 1.165) is 0 Å². The molecule has 20 heavy (non-hydrogen) atoms. The van der Waals surface area contributed by atoms with E-state index in [-0.39, 0.29) is 0 Å². The van der Waals surface area contributed by atoms with Crippen LogP contribution < -0.4 is 21.0 Å². The first-order valence-electron chi connectivity index (χ1n) is 5.90. The highest BCUT2D eigenvalue weighted by Crippen LogP contribution is 2.35. The van der Waals surface area contributed by atoms with Gasteiger partial charge in [0.2, 0.25) is 0 Å². The maximum absolute atomic E-state index is 11.1. The van der Waals surface area contributed by atoms with Gasteiger partial charge in [0.05, 0.1) is 18.3 Å². The van der Waals surface area contributed by atoms with Crippen LogP contribution in [0.25, 0.3) is 11.1 Å². The zero-order chi connectivity index (χ0) is 14.1. The third-order valence-corrected chi connectivity index (χ3v) is 2.84. The van der Waals surface area contributed by atoms with E-state index in [9.17, 15) is 4.79 Å². The van der Waals surface area contributed by atoms with Crippen LogP contribution in [0.15, 0.2) is 45.6 Å². The van der Waals surface area contributed by atoms with Crippen LogP contribution in [0.2, 0.25) is 0 Å². The Morgan fingerprint density at radius 3 is 2.65 bits per heavy atom. The van der Waals surface area contributed by atoms with Gasteiger partial charge in [-0.1, -0.05) is 12.1 Å². The molecule has 3 aromatic rings. The largest absolute Gasteiger partial charge is 0.493 e. The quantitative estimate of drug-likeness (QED) is 0.715. The van der Waals surface area contributed by atoms with E-state index in [4.69, 9.17) is 19.6 Å². The van der Waals surface area contributed by atoms with Gasteiger partial charge in [-0.15, -0.1) is 0 Å². The number of hydrogen-bond donors (Lipinski definition) is 2. The minimum absolute atomic E-state index is 0.367. The summed E-state index contributed by atoms with van der Waals surface area (Å²) in [6, 6.07) is 10.4. The molecule has 0 aliphatic rings. The number of nitrogens with one attached hydrogen (secondary N) is 1. The molecule has 0 aliphatic heterocycles. The molecule has 6 nitrogen and oxygen atoms in total. The first-order valence-corrected chi connectivity index (χ1v) is 5.90. The molecule has 1 heterocycles. The minimum atomic E-state index is -0.533. The second-order valence-electron chi connectivity index (χ2n) is 4.15. The fraction of sp³-hybridized carbons (Fsp3) is 0.0714. The number of benzene rings is 2. The first kappa shape index (κ1) is 12.2. The van der Waals surface area contributed by atoms with Crippen molar-refractivity contribution in [1.29, 1.82) is 0 Å². The molecule has 6 heteroatoms. The third kappa shape index (κ3) is 2.07. The Hall–Kier alpha value is -2.89. The van der Waals surface area contributed by atoms with Gasteiger partial charge in [-0.2, -0.15) is 0 Å². The highest BCUT2D eigenvalue weighted by atomic mass is 16.5. The van der Waals surface area contributed by atoms with Crippen LogP contribution >= 0.6 is 0 Å². The van der Waals surface area contributed by atoms with E-state index >= 15 is 0 Å². The van der Waals surface area contributed by atoms with E-state index < -0.39 is 5.76 Å². The van der Waals surface area contributed by atoms with Crippen LogP contribution in [0.5, 0.6) is 17.2 Å². The summed E-state index contributed by atoms with van der Waals surface area (Å²) in [5.41, 5.74) is 7.17. The van der Waals surface area contributed by atoms with Gasteiger partial charge < -0.3 is 19.6 Å². The molecule has 0 fully saturated rings. The summed E-state index contributed by atoms with van der Waals surface area (Å²) in [7, 11) is 1.56. The lowest BCUT2D eigenvalue weighted by atomic mass is 10.2. The van der Waals surface area contributed by atoms with Crippen molar-refractivity contribution in [3.63, 3.8) is 0 Å². The van der Waals surface area contributed by atoms with Crippen molar-refractivity contribution in [2.45, 2.75) is 0 Å². The summed E-state index contributed by atoms with van der Waals surface area (Å²) in [4.78, 5) is 13.7. The van der Waals surface area contributed by atoms with Crippen LogP contribution in [0.3, 0.4) is 0 Å². The number of fused-ring (bicyclic) bond motifs is 1. The second kappa shape index (κ2) is 4.65. The van der Waals surface area contributed by atoms with Crippen LogP contribution in [-0.2, 0) is 0 Å². The van der Waals surface area contributed by atoms with Gasteiger partial charge in [-0.05, 0) is 12.1 Å². The summed E-state index contributed by atoms with van der Waals surface area (Å²) in [6.07, 6.45) is 0. The van der Waals surface area contributed by atoms with Crippen molar-refractivity contribution in [2.75, 3.05) is 12.8 Å². The predicted molar refractivity (Wildman–Crippen MR) is 74.3 cm³/mol. The van der Waals surface area contributed by atoms with Crippen molar-refractivity contribution >= 4 is 16.8 Å². The summed E-state index contributed by atoms with van der Waals surface area (Å²) >= 11 is 0. The Bertz CT molecular complexity index is 819. The summed E-state index contributed by atoms with van der Waals surface area (Å²) in [6.45, 7) is 0. The van der Waals surface area contributed by atoms with Crippen LogP contribution in [0.4, 0.5) is 5.69 Å². The van der Waals surface area contributed by atoms with Crippen molar-refractivity contribution in [2.24, 2.45) is 0 Å². The first-order chi connectivity index (χ1) is 9.67. The molecule has 1 aromatic heterocycles. The molecule has 2 aromatic carbocycles. The number of H-pyrrole nitrogens is 1. The van der Waals surface area contributed by atoms with Gasteiger partial charge in [-0.25, -0.2) is 4.79 Å². The second-order valence-corrected chi connectivity index (χ2v) is 4.15. The number of nitrogens with two attached hydrogens (primary N) is 1. The number of aromatic amines is 1. The van der Waals surface area contributed by atoms with Crippen molar-refractivity contribution in [3.05, 3.63) is 46.9 Å². The van der Waals surface area contributed by atoms with Crippen LogP contribution in [0.1, 0.15) is 0 Å². The maximum atomic E-state index is 11.1. The number of aromatic nitrogens is 1. The summed E-state index contributed by atoms with van der Waals surface area (Å²) < 4.78 is 15.9. The maximum Gasteiger partial charge on any atom is 0.417 e. The average Bonchev–Trinajstić information content (AvgIpc) is 2.79. The van der Waals surface area contributed by atoms with E-state index in [0.29, 0.717) is 34.0 Å². The number of oxazole rings is 1. The van der Waals surface area contributed by atoms with Gasteiger partial charge in [0.25, 0.3) is 0 Å². The lowest BCUT2D eigenvalue weighted by Gasteiger charge is -2.11. The predicted octanol–water partition coefficient (Wildman–Crippen LogP) is 2.50. The van der Waals surface area contributed by atoms with Gasteiger partial charge >= 0.3 is 5.76 Å². The zero-order valence-corrected chi connectivity index (χ0v) is 10.7. The lowest BCUT2D eigenvalue weighted by molar-refractivity contribution is 0.379. The number of ether oxygens (including phenoxy) is 2. The molecule has 0 saturated carbocycles. The Labute approximate surface area is 113 Å². The Kier molecular flexibility index (Phi) is 2.83. The van der Waals surface area contributed by atoms with E-state index in [1.165, 1.54) is 6.07 Å². The van der Waals surface area contributed by atoms with E-state index in [2.05, 4.69) is 4.98 Å². The molecular formula is C14H12N2O4. The van der Waals surface area contributed by atoms with E-state index in [1.807, 2.05) is 12.1 Å².